The van der Waals surface area contributed by atoms with Crippen LogP contribution in [0.25, 0.3) is 0 Å². The average molecular weight is 367 g/mol. The number of rotatable bonds is 9. The highest BCUT2D eigenvalue weighted by atomic mass is 32.2. The summed E-state index contributed by atoms with van der Waals surface area (Å²) in [5, 5.41) is 6.09. The van der Waals surface area contributed by atoms with Gasteiger partial charge in [-0.3, -0.25) is 0 Å². The first-order valence-electron chi connectivity index (χ1n) is 7.93. The number of sulfonamides is 1. The number of anilines is 2. The van der Waals surface area contributed by atoms with Gasteiger partial charge in [-0.05, 0) is 31.5 Å². The molecule has 0 saturated heterocycles. The van der Waals surface area contributed by atoms with E-state index in [0.29, 0.717) is 18.1 Å². The molecule has 0 amide bonds. The van der Waals surface area contributed by atoms with Crippen molar-refractivity contribution in [2.45, 2.75) is 19.6 Å². The second kappa shape index (κ2) is 8.72. The van der Waals surface area contributed by atoms with Gasteiger partial charge in [0.05, 0.1) is 5.75 Å². The highest BCUT2D eigenvalue weighted by Gasteiger charge is 2.11. The van der Waals surface area contributed by atoms with Crippen molar-refractivity contribution in [3.63, 3.8) is 0 Å². The molecule has 0 fully saturated rings. The van der Waals surface area contributed by atoms with E-state index in [0.717, 1.165) is 18.1 Å². The summed E-state index contributed by atoms with van der Waals surface area (Å²) in [6.07, 6.45) is 0. The van der Waals surface area contributed by atoms with Crippen LogP contribution in [0.3, 0.4) is 0 Å². The van der Waals surface area contributed by atoms with E-state index in [-0.39, 0.29) is 12.3 Å². The molecule has 0 aliphatic carbocycles. The topological polar surface area (TPSA) is 96.0 Å². The van der Waals surface area contributed by atoms with Gasteiger partial charge in [0.25, 0.3) is 0 Å². The first kappa shape index (κ1) is 19.1. The smallest absolute Gasteiger partial charge is 0.224 e. The van der Waals surface area contributed by atoms with Crippen molar-refractivity contribution in [3.8, 4) is 0 Å². The molecule has 1 heterocycles. The van der Waals surface area contributed by atoms with Crippen LogP contribution in [0, 0.1) is 12.7 Å². The Hall–Kier alpha value is -2.26. The normalized spacial score (nSPS) is 11.3. The van der Waals surface area contributed by atoms with Crippen molar-refractivity contribution in [1.82, 2.24) is 14.7 Å². The molecule has 0 atom stereocenters. The Kier molecular flexibility index (Phi) is 6.65. The van der Waals surface area contributed by atoms with Crippen LogP contribution in [-0.4, -0.2) is 38.0 Å². The van der Waals surface area contributed by atoms with Crippen LogP contribution in [0.2, 0.25) is 0 Å². The molecule has 0 bridgehead atoms. The lowest BCUT2D eigenvalue weighted by molar-refractivity contribution is 0.581. The minimum atomic E-state index is -3.49. The fourth-order valence-corrected chi connectivity index (χ4v) is 3.30. The predicted octanol–water partition coefficient (Wildman–Crippen LogP) is 1.89. The molecule has 1 aromatic heterocycles. The summed E-state index contributed by atoms with van der Waals surface area (Å²) in [5.74, 6) is 0.565. The van der Waals surface area contributed by atoms with E-state index in [9.17, 15) is 12.8 Å². The van der Waals surface area contributed by atoms with Crippen molar-refractivity contribution >= 4 is 21.8 Å². The quantitative estimate of drug-likeness (QED) is 0.586. The third-order valence-corrected chi connectivity index (χ3v) is 4.57. The first-order chi connectivity index (χ1) is 11.9. The molecule has 3 N–H and O–H groups in total. The van der Waals surface area contributed by atoms with E-state index in [2.05, 4.69) is 25.3 Å². The van der Waals surface area contributed by atoms with Gasteiger partial charge in [-0.15, -0.1) is 0 Å². The summed E-state index contributed by atoms with van der Waals surface area (Å²) >= 11 is 0. The Morgan fingerprint density at radius 3 is 2.48 bits per heavy atom. The maximum Gasteiger partial charge on any atom is 0.224 e. The lowest BCUT2D eigenvalue weighted by Gasteiger charge is -2.10. The Balaban J connectivity index is 1.82. The number of benzene rings is 1. The number of halogens is 1. The van der Waals surface area contributed by atoms with E-state index >= 15 is 0 Å². The zero-order valence-electron chi connectivity index (χ0n) is 14.2. The van der Waals surface area contributed by atoms with E-state index in [1.165, 1.54) is 24.3 Å². The summed E-state index contributed by atoms with van der Waals surface area (Å²) in [5.41, 5.74) is 1.34. The average Bonchev–Trinajstić information content (AvgIpc) is 2.53. The second-order valence-corrected chi connectivity index (χ2v) is 7.26. The van der Waals surface area contributed by atoms with Crippen molar-refractivity contribution in [2.24, 2.45) is 0 Å². The van der Waals surface area contributed by atoms with Crippen LogP contribution in [-0.2, 0) is 15.8 Å². The summed E-state index contributed by atoms with van der Waals surface area (Å²) in [4.78, 5) is 8.54. The lowest BCUT2D eigenvalue weighted by Crippen LogP contribution is -2.30. The summed E-state index contributed by atoms with van der Waals surface area (Å²) < 4.78 is 39.4. The molecule has 25 heavy (non-hydrogen) atoms. The number of aryl methyl sites for hydroxylation is 1. The molecule has 0 radical (unpaired) electrons. The molecular weight excluding hydrogens is 345 g/mol. The number of hydrogen-bond acceptors (Lipinski definition) is 6. The molecule has 2 aromatic rings. The molecular formula is C16H22FN5O2S. The second-order valence-electron chi connectivity index (χ2n) is 5.46. The zero-order chi connectivity index (χ0) is 18.3. The molecule has 0 aliphatic heterocycles. The Bertz CT molecular complexity index is 797. The van der Waals surface area contributed by atoms with Gasteiger partial charge in [-0.25, -0.2) is 22.5 Å². The zero-order valence-corrected chi connectivity index (χ0v) is 15.0. The fourth-order valence-electron chi connectivity index (χ4n) is 2.15. The van der Waals surface area contributed by atoms with Gasteiger partial charge in [-0.1, -0.05) is 12.1 Å². The number of nitrogens with one attached hydrogen (secondary N) is 3. The predicted molar refractivity (Wildman–Crippen MR) is 96.4 cm³/mol. The van der Waals surface area contributed by atoms with Gasteiger partial charge in [0.1, 0.15) is 11.6 Å². The Labute approximate surface area is 147 Å². The molecule has 0 unspecified atom stereocenters. The minimum absolute atomic E-state index is 0.192. The SMILES string of the molecule is CCNc1cc(C)nc(NCCNS(=O)(=O)Cc2ccc(F)cc2)n1. The summed E-state index contributed by atoms with van der Waals surface area (Å²) in [6, 6.07) is 7.22. The molecule has 0 spiro atoms. The third-order valence-electron chi connectivity index (χ3n) is 3.21. The van der Waals surface area contributed by atoms with E-state index in [1.807, 2.05) is 19.9 Å². The molecule has 7 nitrogen and oxygen atoms in total. The van der Waals surface area contributed by atoms with Gasteiger partial charge in [-0.2, -0.15) is 4.98 Å². The van der Waals surface area contributed by atoms with Gasteiger partial charge >= 0.3 is 0 Å². The molecule has 0 saturated carbocycles. The van der Waals surface area contributed by atoms with Crippen molar-refractivity contribution in [2.75, 3.05) is 30.3 Å². The number of nitrogens with zero attached hydrogens (tertiary/aromatic N) is 2. The maximum atomic E-state index is 12.8. The van der Waals surface area contributed by atoms with Crippen molar-refractivity contribution in [1.29, 1.82) is 0 Å². The number of hydrogen-bond donors (Lipinski definition) is 3. The van der Waals surface area contributed by atoms with Gasteiger partial charge in [0, 0.05) is 31.4 Å². The molecule has 9 heteroatoms. The van der Waals surface area contributed by atoms with E-state index < -0.39 is 15.8 Å². The first-order valence-corrected chi connectivity index (χ1v) is 9.58. The molecule has 0 aliphatic rings. The fraction of sp³-hybridized carbons (Fsp3) is 0.375. The van der Waals surface area contributed by atoms with Crippen LogP contribution < -0.4 is 15.4 Å². The van der Waals surface area contributed by atoms with Crippen LogP contribution in [0.1, 0.15) is 18.2 Å². The standard InChI is InChI=1S/C16H22FN5O2S/c1-3-18-15-10-12(2)21-16(22-15)19-8-9-20-25(23,24)11-13-4-6-14(17)7-5-13/h4-7,10,20H,3,8-9,11H2,1-2H3,(H2,18,19,21,22). The summed E-state index contributed by atoms with van der Waals surface area (Å²) in [7, 11) is -3.49. The lowest BCUT2D eigenvalue weighted by atomic mass is 10.2. The third kappa shape index (κ3) is 6.63. The van der Waals surface area contributed by atoms with Crippen LogP contribution >= 0.6 is 0 Å². The molecule has 2 rings (SSSR count). The van der Waals surface area contributed by atoms with Crippen LogP contribution in [0.5, 0.6) is 0 Å². The van der Waals surface area contributed by atoms with E-state index in [1.54, 1.807) is 0 Å². The van der Waals surface area contributed by atoms with Gasteiger partial charge in [0.15, 0.2) is 0 Å². The Morgan fingerprint density at radius 1 is 1.08 bits per heavy atom. The highest BCUT2D eigenvalue weighted by molar-refractivity contribution is 7.88. The molecule has 136 valence electrons. The van der Waals surface area contributed by atoms with Gasteiger partial charge in [0.2, 0.25) is 16.0 Å². The van der Waals surface area contributed by atoms with Crippen molar-refractivity contribution < 1.29 is 12.8 Å². The minimum Gasteiger partial charge on any atom is -0.370 e. The monoisotopic (exact) mass is 367 g/mol. The van der Waals surface area contributed by atoms with Crippen LogP contribution in [0.4, 0.5) is 16.2 Å². The molecule has 1 aromatic carbocycles. The van der Waals surface area contributed by atoms with Gasteiger partial charge < -0.3 is 10.6 Å². The highest BCUT2D eigenvalue weighted by Crippen LogP contribution is 2.09. The number of aromatic nitrogens is 2. The van der Waals surface area contributed by atoms with Crippen LogP contribution in [0.15, 0.2) is 30.3 Å². The van der Waals surface area contributed by atoms with Crippen molar-refractivity contribution in [3.05, 3.63) is 47.4 Å². The largest absolute Gasteiger partial charge is 0.370 e. The maximum absolute atomic E-state index is 12.8. The van der Waals surface area contributed by atoms with E-state index in [4.69, 9.17) is 0 Å². The summed E-state index contributed by atoms with van der Waals surface area (Å²) in [6.45, 7) is 5.12. The Morgan fingerprint density at radius 2 is 1.80 bits per heavy atom.